The number of ether oxygens (including phenoxy) is 1. The van der Waals surface area contributed by atoms with E-state index in [1.165, 1.54) is 4.90 Å². The van der Waals surface area contributed by atoms with Gasteiger partial charge in [0.2, 0.25) is 11.8 Å². The van der Waals surface area contributed by atoms with Gasteiger partial charge in [0.15, 0.2) is 0 Å². The minimum atomic E-state index is -0.706. The lowest BCUT2D eigenvalue weighted by Crippen LogP contribution is -2.39. The summed E-state index contributed by atoms with van der Waals surface area (Å²) in [7, 11) is 0. The smallest absolute Gasteiger partial charge is 0.241 e. The normalized spacial score (nSPS) is 40.2. The van der Waals surface area contributed by atoms with E-state index in [0.717, 1.165) is 0 Å². The summed E-state index contributed by atoms with van der Waals surface area (Å²) in [4.78, 5) is 26.9. The molecular formula is C16H14ClNO3. The van der Waals surface area contributed by atoms with Gasteiger partial charge in [0.1, 0.15) is 0 Å². The predicted octanol–water partition coefficient (Wildman–Crippen LogP) is 2.56. The number of halogens is 1. The van der Waals surface area contributed by atoms with Gasteiger partial charge in [0, 0.05) is 0 Å². The van der Waals surface area contributed by atoms with Gasteiger partial charge < -0.3 is 4.74 Å². The average Bonchev–Trinajstić information content (AvgIpc) is 2.97. The monoisotopic (exact) mass is 303 g/mol. The molecule has 0 aromatic heterocycles. The van der Waals surface area contributed by atoms with Crippen molar-refractivity contribution in [1.29, 1.82) is 0 Å². The molecule has 108 valence electrons. The highest BCUT2D eigenvalue weighted by atomic mass is 35.5. The Balaban J connectivity index is 1.85. The largest absolute Gasteiger partial charge is 0.359 e. The highest BCUT2D eigenvalue weighted by molar-refractivity contribution is 6.36. The van der Waals surface area contributed by atoms with E-state index >= 15 is 0 Å². The molecule has 2 fully saturated rings. The van der Waals surface area contributed by atoms with E-state index in [1.807, 2.05) is 26.0 Å². The molecule has 0 saturated carbocycles. The number of rotatable bonds is 1. The molecule has 1 aromatic rings. The van der Waals surface area contributed by atoms with Crippen LogP contribution in [0.5, 0.6) is 0 Å². The molecule has 4 rings (SSSR count). The summed E-state index contributed by atoms with van der Waals surface area (Å²) in [6, 6.07) is 6.91. The van der Waals surface area contributed by atoms with Crippen molar-refractivity contribution < 1.29 is 14.3 Å². The lowest BCUT2D eigenvalue weighted by molar-refractivity contribution is -0.128. The third-order valence-electron chi connectivity index (χ3n) is 4.82. The first-order valence-corrected chi connectivity index (χ1v) is 7.28. The minimum Gasteiger partial charge on any atom is -0.359 e. The Kier molecular flexibility index (Phi) is 2.33. The van der Waals surface area contributed by atoms with Crippen molar-refractivity contribution in [1.82, 2.24) is 0 Å². The SMILES string of the molecule is CC12C=CC(C)(O1)C1C(=O)N(c3ccccc3Cl)C(=O)C12. The first-order valence-electron chi connectivity index (χ1n) is 6.90. The molecule has 4 unspecified atom stereocenters. The van der Waals surface area contributed by atoms with Crippen molar-refractivity contribution in [3.8, 4) is 0 Å². The molecule has 2 amide bonds. The van der Waals surface area contributed by atoms with Crippen molar-refractivity contribution in [3.63, 3.8) is 0 Å². The van der Waals surface area contributed by atoms with Crippen LogP contribution in [0, 0.1) is 11.8 Å². The summed E-state index contributed by atoms with van der Waals surface area (Å²) < 4.78 is 5.96. The van der Waals surface area contributed by atoms with E-state index in [2.05, 4.69) is 0 Å². The van der Waals surface area contributed by atoms with Crippen LogP contribution in [0.25, 0.3) is 0 Å². The van der Waals surface area contributed by atoms with Crippen molar-refractivity contribution in [2.24, 2.45) is 11.8 Å². The average molecular weight is 304 g/mol. The fraction of sp³-hybridized carbons (Fsp3) is 0.375. The van der Waals surface area contributed by atoms with Crippen LogP contribution in [0.2, 0.25) is 5.02 Å². The van der Waals surface area contributed by atoms with Crippen molar-refractivity contribution in [3.05, 3.63) is 41.4 Å². The van der Waals surface area contributed by atoms with Crippen LogP contribution >= 0.6 is 11.6 Å². The van der Waals surface area contributed by atoms with E-state index in [9.17, 15) is 9.59 Å². The van der Waals surface area contributed by atoms with Crippen LogP contribution in [-0.4, -0.2) is 23.0 Å². The van der Waals surface area contributed by atoms with Crippen molar-refractivity contribution in [2.75, 3.05) is 4.90 Å². The van der Waals surface area contributed by atoms with Gasteiger partial charge in [-0.3, -0.25) is 9.59 Å². The molecule has 5 heteroatoms. The third kappa shape index (κ3) is 1.44. The van der Waals surface area contributed by atoms with E-state index in [1.54, 1.807) is 24.3 Å². The van der Waals surface area contributed by atoms with Gasteiger partial charge in [-0.25, -0.2) is 4.90 Å². The Morgan fingerprint density at radius 2 is 1.57 bits per heavy atom. The van der Waals surface area contributed by atoms with Gasteiger partial charge >= 0.3 is 0 Å². The van der Waals surface area contributed by atoms with Crippen LogP contribution in [0.15, 0.2) is 36.4 Å². The summed E-state index contributed by atoms with van der Waals surface area (Å²) in [6.45, 7) is 3.72. The van der Waals surface area contributed by atoms with Gasteiger partial charge in [-0.2, -0.15) is 0 Å². The molecule has 0 spiro atoms. The Morgan fingerprint density at radius 1 is 1.05 bits per heavy atom. The maximum absolute atomic E-state index is 12.8. The summed E-state index contributed by atoms with van der Waals surface area (Å²) in [5.74, 6) is -1.41. The number of carbonyl (C=O) groups is 2. The van der Waals surface area contributed by atoms with E-state index in [-0.39, 0.29) is 11.8 Å². The Bertz CT molecular complexity index is 679. The molecule has 3 heterocycles. The predicted molar refractivity (Wildman–Crippen MR) is 78.0 cm³/mol. The van der Waals surface area contributed by atoms with E-state index < -0.39 is 23.0 Å². The molecule has 0 aliphatic carbocycles. The second-order valence-electron chi connectivity index (χ2n) is 6.22. The zero-order valence-electron chi connectivity index (χ0n) is 11.7. The first kappa shape index (κ1) is 13.0. The fourth-order valence-electron chi connectivity index (χ4n) is 3.90. The standard InChI is InChI=1S/C16H14ClNO3/c1-15-7-8-16(2,21-15)12-11(15)13(19)18(14(12)20)10-6-4-3-5-9(10)17/h3-8,11-12H,1-2H3. The highest BCUT2D eigenvalue weighted by Crippen LogP contribution is 2.57. The van der Waals surface area contributed by atoms with Gasteiger partial charge in [0.25, 0.3) is 0 Å². The third-order valence-corrected chi connectivity index (χ3v) is 5.14. The van der Waals surface area contributed by atoms with Gasteiger partial charge in [-0.05, 0) is 26.0 Å². The quantitative estimate of drug-likeness (QED) is 0.592. The highest BCUT2D eigenvalue weighted by Gasteiger charge is 2.70. The molecular weight excluding hydrogens is 290 g/mol. The summed E-state index contributed by atoms with van der Waals surface area (Å²) in [6.07, 6.45) is 3.80. The molecule has 0 N–H and O–H groups in total. The minimum absolute atomic E-state index is 0.228. The number of para-hydroxylation sites is 1. The summed E-state index contributed by atoms with van der Waals surface area (Å²) in [5.41, 5.74) is -0.959. The van der Waals surface area contributed by atoms with Crippen LogP contribution in [0.4, 0.5) is 5.69 Å². The molecule has 3 aliphatic heterocycles. The van der Waals surface area contributed by atoms with E-state index in [0.29, 0.717) is 10.7 Å². The van der Waals surface area contributed by atoms with Gasteiger partial charge in [0.05, 0.1) is 33.7 Å². The topological polar surface area (TPSA) is 46.6 Å². The number of fused-ring (bicyclic) bond motifs is 5. The number of hydrogen-bond donors (Lipinski definition) is 0. The lowest BCUT2D eigenvalue weighted by atomic mass is 9.73. The second kappa shape index (κ2) is 3.76. The maximum atomic E-state index is 12.8. The van der Waals surface area contributed by atoms with Crippen molar-refractivity contribution in [2.45, 2.75) is 25.0 Å². The van der Waals surface area contributed by atoms with Gasteiger partial charge in [-0.1, -0.05) is 35.9 Å². The summed E-state index contributed by atoms with van der Waals surface area (Å²) in [5, 5.41) is 0.399. The molecule has 1 aromatic carbocycles. The summed E-state index contributed by atoms with van der Waals surface area (Å²) >= 11 is 6.16. The Hall–Kier alpha value is -1.65. The van der Waals surface area contributed by atoms with Gasteiger partial charge in [-0.15, -0.1) is 0 Å². The molecule has 2 bridgehead atoms. The maximum Gasteiger partial charge on any atom is 0.241 e. The van der Waals surface area contributed by atoms with Crippen LogP contribution < -0.4 is 4.90 Å². The molecule has 3 aliphatic rings. The fourth-order valence-corrected chi connectivity index (χ4v) is 4.12. The molecule has 2 saturated heterocycles. The number of nitrogens with zero attached hydrogens (tertiary/aromatic N) is 1. The van der Waals surface area contributed by atoms with E-state index in [4.69, 9.17) is 16.3 Å². The molecule has 4 nitrogen and oxygen atoms in total. The zero-order valence-corrected chi connectivity index (χ0v) is 12.4. The number of amides is 2. The Morgan fingerprint density at radius 3 is 2.10 bits per heavy atom. The Labute approximate surface area is 127 Å². The number of anilines is 1. The van der Waals surface area contributed by atoms with Crippen LogP contribution in [-0.2, 0) is 14.3 Å². The number of benzene rings is 1. The molecule has 0 radical (unpaired) electrons. The number of carbonyl (C=O) groups excluding carboxylic acids is 2. The molecule has 4 atom stereocenters. The van der Waals surface area contributed by atoms with Crippen LogP contribution in [0.3, 0.4) is 0 Å². The number of hydrogen-bond acceptors (Lipinski definition) is 3. The second-order valence-corrected chi connectivity index (χ2v) is 6.63. The lowest BCUT2D eigenvalue weighted by Gasteiger charge is -2.25. The van der Waals surface area contributed by atoms with Crippen molar-refractivity contribution >= 4 is 29.1 Å². The number of imide groups is 1. The molecule has 21 heavy (non-hydrogen) atoms. The first-order chi connectivity index (χ1) is 9.87. The van der Waals surface area contributed by atoms with Crippen LogP contribution in [0.1, 0.15) is 13.8 Å². The zero-order chi connectivity index (χ0) is 15.0.